The van der Waals surface area contributed by atoms with Crippen LogP contribution in [0.3, 0.4) is 0 Å². The van der Waals surface area contributed by atoms with E-state index in [1.807, 2.05) is 24.3 Å². The summed E-state index contributed by atoms with van der Waals surface area (Å²) in [6, 6.07) is 7.42. The van der Waals surface area contributed by atoms with Gasteiger partial charge in [0.05, 0.1) is 19.3 Å². The number of rotatable bonds is 5. The molecule has 84 valence electrons. The average molecular weight is 210 g/mol. The fraction of sp³-hybridized carbons (Fsp3) is 0.455. The first-order chi connectivity index (χ1) is 7.22. The molecule has 1 aromatic carbocycles. The van der Waals surface area contributed by atoms with Crippen LogP contribution in [0.2, 0.25) is 0 Å². The molecule has 4 heteroatoms. The Kier molecular flexibility index (Phi) is 4.55. The van der Waals surface area contributed by atoms with Gasteiger partial charge in [-0.05, 0) is 24.7 Å². The van der Waals surface area contributed by atoms with Crippen LogP contribution in [0.4, 0.5) is 0 Å². The molecule has 0 aliphatic carbocycles. The number of hydrogen-bond acceptors (Lipinski definition) is 4. The van der Waals surface area contributed by atoms with E-state index in [1.165, 1.54) is 0 Å². The van der Waals surface area contributed by atoms with Gasteiger partial charge in [-0.1, -0.05) is 12.1 Å². The summed E-state index contributed by atoms with van der Waals surface area (Å²) in [4.78, 5) is 0. The molecule has 0 aliphatic heterocycles. The summed E-state index contributed by atoms with van der Waals surface area (Å²) in [6.45, 7) is 0.225. The number of likely N-dealkylation sites (N-methyl/N-ethyl adjacent to an activating group) is 1. The maximum atomic E-state index is 9.71. The quantitative estimate of drug-likeness (QED) is 0.653. The summed E-state index contributed by atoms with van der Waals surface area (Å²) in [6.07, 6.45) is -0.595. The monoisotopic (exact) mass is 210 g/mol. The Morgan fingerprint density at radius 1 is 1.53 bits per heavy atom. The molecule has 0 saturated carbocycles. The minimum atomic E-state index is -0.595. The van der Waals surface area contributed by atoms with Gasteiger partial charge in [-0.15, -0.1) is 0 Å². The second kappa shape index (κ2) is 5.70. The fourth-order valence-electron chi connectivity index (χ4n) is 1.55. The molecule has 1 rings (SSSR count). The van der Waals surface area contributed by atoms with Crippen molar-refractivity contribution in [1.29, 1.82) is 0 Å². The largest absolute Gasteiger partial charge is 0.497 e. The van der Waals surface area contributed by atoms with Crippen molar-refractivity contribution in [2.75, 3.05) is 20.7 Å². The lowest BCUT2D eigenvalue weighted by Crippen LogP contribution is -2.34. The van der Waals surface area contributed by atoms with Crippen LogP contribution in [-0.4, -0.2) is 31.9 Å². The number of benzene rings is 1. The lowest BCUT2D eigenvalue weighted by molar-refractivity contribution is 0.139. The van der Waals surface area contributed by atoms with E-state index in [2.05, 4.69) is 5.32 Å². The van der Waals surface area contributed by atoms with E-state index in [4.69, 9.17) is 10.5 Å². The normalized spacial score (nSPS) is 14.7. The first-order valence-electron chi connectivity index (χ1n) is 4.92. The molecule has 2 atom stereocenters. The van der Waals surface area contributed by atoms with Crippen molar-refractivity contribution in [3.05, 3.63) is 29.8 Å². The molecule has 2 unspecified atom stereocenters. The highest BCUT2D eigenvalue weighted by Gasteiger charge is 2.17. The fourth-order valence-corrected chi connectivity index (χ4v) is 1.55. The molecule has 0 aromatic heterocycles. The molecule has 0 radical (unpaired) electrons. The highest BCUT2D eigenvalue weighted by atomic mass is 16.5. The zero-order valence-electron chi connectivity index (χ0n) is 9.10. The number of hydrogen-bond donors (Lipinski definition) is 3. The van der Waals surface area contributed by atoms with Crippen molar-refractivity contribution in [2.24, 2.45) is 5.73 Å². The van der Waals surface area contributed by atoms with Crippen molar-refractivity contribution >= 4 is 0 Å². The number of methoxy groups -OCH3 is 1. The molecule has 0 amide bonds. The molecule has 0 fully saturated rings. The molecule has 4 N–H and O–H groups in total. The van der Waals surface area contributed by atoms with Crippen molar-refractivity contribution in [3.63, 3.8) is 0 Å². The Labute approximate surface area is 90.1 Å². The van der Waals surface area contributed by atoms with Crippen LogP contribution in [0, 0.1) is 0 Å². The highest BCUT2D eigenvalue weighted by molar-refractivity contribution is 5.31. The highest BCUT2D eigenvalue weighted by Crippen LogP contribution is 2.21. The third-order valence-electron chi connectivity index (χ3n) is 2.39. The summed E-state index contributed by atoms with van der Waals surface area (Å²) in [5.41, 5.74) is 6.40. The molecule has 0 spiro atoms. The van der Waals surface area contributed by atoms with Gasteiger partial charge in [0.15, 0.2) is 0 Å². The average Bonchev–Trinajstić information content (AvgIpc) is 2.30. The first-order valence-corrected chi connectivity index (χ1v) is 4.92. The van der Waals surface area contributed by atoms with E-state index in [9.17, 15) is 5.11 Å². The predicted molar refractivity (Wildman–Crippen MR) is 59.9 cm³/mol. The standard InChI is InChI=1S/C11H18N2O2/c1-13-11(10(14)7-12)8-4-3-5-9(6-8)15-2/h3-6,10-11,13-14H,7,12H2,1-2H3. The van der Waals surface area contributed by atoms with Gasteiger partial charge in [-0.25, -0.2) is 0 Å². The maximum absolute atomic E-state index is 9.71. The van der Waals surface area contributed by atoms with Gasteiger partial charge < -0.3 is 20.9 Å². The smallest absolute Gasteiger partial charge is 0.119 e. The van der Waals surface area contributed by atoms with Crippen LogP contribution < -0.4 is 15.8 Å². The third-order valence-corrected chi connectivity index (χ3v) is 2.39. The molecule has 0 aliphatic rings. The summed E-state index contributed by atoms with van der Waals surface area (Å²) >= 11 is 0. The summed E-state index contributed by atoms with van der Waals surface area (Å²) < 4.78 is 5.12. The number of aliphatic hydroxyl groups excluding tert-OH is 1. The van der Waals surface area contributed by atoms with Crippen LogP contribution in [-0.2, 0) is 0 Å². The Hall–Kier alpha value is -1.10. The topological polar surface area (TPSA) is 67.5 Å². The van der Waals surface area contributed by atoms with Gasteiger partial charge in [0, 0.05) is 6.54 Å². The van der Waals surface area contributed by atoms with E-state index in [-0.39, 0.29) is 12.6 Å². The molecule has 4 nitrogen and oxygen atoms in total. The maximum Gasteiger partial charge on any atom is 0.119 e. The van der Waals surface area contributed by atoms with E-state index in [0.717, 1.165) is 11.3 Å². The zero-order valence-corrected chi connectivity index (χ0v) is 9.10. The molecular weight excluding hydrogens is 192 g/mol. The Bertz CT molecular complexity index is 304. The second-order valence-electron chi connectivity index (χ2n) is 3.35. The molecular formula is C11H18N2O2. The molecule has 15 heavy (non-hydrogen) atoms. The summed E-state index contributed by atoms with van der Waals surface area (Å²) in [5, 5.41) is 12.7. The van der Waals surface area contributed by atoms with E-state index in [0.29, 0.717) is 0 Å². The minimum absolute atomic E-state index is 0.162. The van der Waals surface area contributed by atoms with Gasteiger partial charge in [0.25, 0.3) is 0 Å². The lowest BCUT2D eigenvalue weighted by atomic mass is 10.0. The van der Waals surface area contributed by atoms with Crippen molar-refractivity contribution in [2.45, 2.75) is 12.1 Å². The van der Waals surface area contributed by atoms with Gasteiger partial charge in [-0.3, -0.25) is 0 Å². The van der Waals surface area contributed by atoms with Crippen LogP contribution in [0.1, 0.15) is 11.6 Å². The van der Waals surface area contributed by atoms with E-state index >= 15 is 0 Å². The summed E-state index contributed by atoms with van der Waals surface area (Å²) in [5.74, 6) is 0.775. The molecule has 0 heterocycles. The van der Waals surface area contributed by atoms with Gasteiger partial charge in [0.1, 0.15) is 5.75 Å². The van der Waals surface area contributed by atoms with E-state index in [1.54, 1.807) is 14.2 Å². The minimum Gasteiger partial charge on any atom is -0.497 e. The lowest BCUT2D eigenvalue weighted by Gasteiger charge is -2.21. The molecule has 0 bridgehead atoms. The van der Waals surface area contributed by atoms with E-state index < -0.39 is 6.10 Å². The Balaban J connectivity index is 2.91. The molecule has 0 saturated heterocycles. The van der Waals surface area contributed by atoms with Crippen molar-refractivity contribution in [1.82, 2.24) is 5.32 Å². The SMILES string of the molecule is CNC(c1cccc(OC)c1)C(O)CN. The predicted octanol–water partition coefficient (Wildman–Crippen LogP) is 0.275. The Morgan fingerprint density at radius 2 is 2.27 bits per heavy atom. The van der Waals surface area contributed by atoms with Crippen molar-refractivity contribution < 1.29 is 9.84 Å². The summed E-state index contributed by atoms with van der Waals surface area (Å²) in [7, 11) is 3.41. The zero-order chi connectivity index (χ0) is 11.3. The number of nitrogens with two attached hydrogens (primary N) is 1. The van der Waals surface area contributed by atoms with Gasteiger partial charge in [-0.2, -0.15) is 0 Å². The number of ether oxygens (including phenoxy) is 1. The third kappa shape index (κ3) is 2.92. The first kappa shape index (κ1) is 12.0. The number of aliphatic hydroxyl groups is 1. The van der Waals surface area contributed by atoms with Gasteiger partial charge >= 0.3 is 0 Å². The van der Waals surface area contributed by atoms with Gasteiger partial charge in [0.2, 0.25) is 0 Å². The van der Waals surface area contributed by atoms with Crippen LogP contribution in [0.15, 0.2) is 24.3 Å². The molecule has 1 aromatic rings. The Morgan fingerprint density at radius 3 is 2.80 bits per heavy atom. The van der Waals surface area contributed by atoms with Crippen LogP contribution in [0.25, 0.3) is 0 Å². The van der Waals surface area contributed by atoms with Crippen LogP contribution >= 0.6 is 0 Å². The van der Waals surface area contributed by atoms with Crippen molar-refractivity contribution in [3.8, 4) is 5.75 Å². The second-order valence-corrected chi connectivity index (χ2v) is 3.35. The number of nitrogens with one attached hydrogen (secondary N) is 1. The van der Waals surface area contributed by atoms with Crippen LogP contribution in [0.5, 0.6) is 5.75 Å².